The molecule has 1 fully saturated rings. The number of fused-ring (bicyclic) bond motifs is 1. The van der Waals surface area contributed by atoms with Crippen molar-refractivity contribution in [3.05, 3.63) is 69.6 Å². The molecular weight excluding hydrogens is 432 g/mol. The Morgan fingerprint density at radius 1 is 1.16 bits per heavy atom. The fraction of sp³-hybridized carbons (Fsp3) is 0.304. The third kappa shape index (κ3) is 4.51. The summed E-state index contributed by atoms with van der Waals surface area (Å²) >= 11 is 5.92. The number of benzene rings is 2. The van der Waals surface area contributed by atoms with Crippen LogP contribution >= 0.6 is 11.6 Å². The third-order valence-corrected chi connectivity index (χ3v) is 5.77. The Labute approximate surface area is 189 Å². The molecule has 1 saturated heterocycles. The number of ether oxygens (including phenoxy) is 1. The van der Waals surface area contributed by atoms with Crippen LogP contribution < -0.4 is 15.8 Å². The molecule has 32 heavy (non-hydrogen) atoms. The van der Waals surface area contributed by atoms with Gasteiger partial charge in [0, 0.05) is 36.2 Å². The lowest BCUT2D eigenvalue weighted by atomic mass is 10.1. The van der Waals surface area contributed by atoms with Crippen LogP contribution in [0.4, 0.5) is 5.69 Å². The number of rotatable bonds is 7. The molecule has 1 atom stereocenters. The minimum atomic E-state index is -0.469. The molecule has 1 aliphatic rings. The van der Waals surface area contributed by atoms with Crippen LogP contribution in [0.15, 0.2) is 53.3 Å². The second kappa shape index (κ2) is 9.50. The zero-order valence-electron chi connectivity index (χ0n) is 17.6. The lowest BCUT2D eigenvalue weighted by Gasteiger charge is -2.17. The van der Waals surface area contributed by atoms with Gasteiger partial charge < -0.3 is 15.0 Å². The molecule has 0 aliphatic carbocycles. The van der Waals surface area contributed by atoms with Crippen molar-refractivity contribution in [2.75, 3.05) is 25.2 Å². The topological polar surface area (TPSA) is 93.5 Å². The van der Waals surface area contributed by atoms with E-state index in [1.807, 2.05) is 12.1 Å². The maximum absolute atomic E-state index is 12.8. The standard InChI is InChI=1S/C23H23ClN4O4/c1-32-11-10-28-23(31)19-5-3-2-4-18(19)20(26-28)13-25-22(30)15-12-21(29)27(14-15)17-8-6-16(24)7-9-17/h2-9,15H,10-14H2,1H3,(H,25,30). The number of anilines is 1. The summed E-state index contributed by atoms with van der Waals surface area (Å²) in [6.45, 7) is 1.11. The van der Waals surface area contributed by atoms with Crippen LogP contribution in [0.5, 0.6) is 0 Å². The minimum absolute atomic E-state index is 0.107. The number of carbonyl (C=O) groups excluding carboxylic acids is 2. The number of nitrogens with zero attached hydrogens (tertiary/aromatic N) is 3. The Bertz CT molecular complexity index is 1210. The predicted octanol–water partition coefficient (Wildman–Crippen LogP) is 2.37. The van der Waals surface area contributed by atoms with Gasteiger partial charge in [0.1, 0.15) is 0 Å². The van der Waals surface area contributed by atoms with Gasteiger partial charge in [-0.05, 0) is 30.3 Å². The fourth-order valence-electron chi connectivity index (χ4n) is 3.83. The lowest BCUT2D eigenvalue weighted by molar-refractivity contribution is -0.126. The summed E-state index contributed by atoms with van der Waals surface area (Å²) in [5.74, 6) is -0.802. The number of carbonyl (C=O) groups is 2. The Morgan fingerprint density at radius 3 is 2.59 bits per heavy atom. The maximum atomic E-state index is 12.8. The molecule has 0 radical (unpaired) electrons. The van der Waals surface area contributed by atoms with E-state index in [2.05, 4.69) is 10.4 Å². The monoisotopic (exact) mass is 454 g/mol. The second-order valence-corrected chi connectivity index (χ2v) is 8.05. The highest BCUT2D eigenvalue weighted by Crippen LogP contribution is 2.26. The van der Waals surface area contributed by atoms with Gasteiger partial charge in [-0.25, -0.2) is 4.68 Å². The van der Waals surface area contributed by atoms with Gasteiger partial charge >= 0.3 is 0 Å². The average Bonchev–Trinajstić information content (AvgIpc) is 3.20. The Hall–Kier alpha value is -3.23. The summed E-state index contributed by atoms with van der Waals surface area (Å²) < 4.78 is 6.42. The first-order valence-corrected chi connectivity index (χ1v) is 10.7. The van der Waals surface area contributed by atoms with Crippen LogP contribution in [0, 0.1) is 5.92 Å². The van der Waals surface area contributed by atoms with Crippen LogP contribution in [0.1, 0.15) is 12.1 Å². The van der Waals surface area contributed by atoms with E-state index in [9.17, 15) is 14.4 Å². The van der Waals surface area contributed by atoms with E-state index in [1.165, 1.54) is 4.68 Å². The molecule has 0 bridgehead atoms. The van der Waals surface area contributed by atoms with Crippen molar-refractivity contribution < 1.29 is 14.3 Å². The maximum Gasteiger partial charge on any atom is 0.274 e. The normalized spacial score (nSPS) is 16.0. The van der Waals surface area contributed by atoms with E-state index < -0.39 is 5.92 Å². The molecule has 1 aliphatic heterocycles. The van der Waals surface area contributed by atoms with Gasteiger partial charge in [-0.3, -0.25) is 14.4 Å². The molecule has 0 spiro atoms. The van der Waals surface area contributed by atoms with Crippen LogP contribution in [-0.4, -0.2) is 41.9 Å². The van der Waals surface area contributed by atoms with Gasteiger partial charge in [0.15, 0.2) is 0 Å². The first-order valence-electron chi connectivity index (χ1n) is 10.3. The molecule has 1 unspecified atom stereocenters. The molecule has 8 nitrogen and oxygen atoms in total. The number of hydrogen-bond donors (Lipinski definition) is 1. The molecule has 2 heterocycles. The quantitative estimate of drug-likeness (QED) is 0.591. The van der Waals surface area contributed by atoms with Crippen LogP contribution in [0.25, 0.3) is 10.8 Å². The Kier molecular flexibility index (Phi) is 6.53. The van der Waals surface area contributed by atoms with E-state index in [4.69, 9.17) is 16.3 Å². The van der Waals surface area contributed by atoms with Gasteiger partial charge in [-0.2, -0.15) is 5.10 Å². The highest BCUT2D eigenvalue weighted by molar-refractivity contribution is 6.30. The molecule has 2 amide bonds. The van der Waals surface area contributed by atoms with Gasteiger partial charge in [-0.15, -0.1) is 0 Å². The second-order valence-electron chi connectivity index (χ2n) is 7.61. The number of hydrogen-bond acceptors (Lipinski definition) is 5. The van der Waals surface area contributed by atoms with E-state index in [1.54, 1.807) is 48.4 Å². The summed E-state index contributed by atoms with van der Waals surface area (Å²) in [6, 6.07) is 14.1. The lowest BCUT2D eigenvalue weighted by Crippen LogP contribution is -2.34. The fourth-order valence-corrected chi connectivity index (χ4v) is 3.96. The molecule has 0 saturated carbocycles. The molecule has 9 heteroatoms. The van der Waals surface area contributed by atoms with Gasteiger partial charge in [0.25, 0.3) is 5.56 Å². The highest BCUT2D eigenvalue weighted by Gasteiger charge is 2.35. The first kappa shape index (κ1) is 22.0. The molecule has 4 rings (SSSR count). The van der Waals surface area contributed by atoms with E-state index in [0.29, 0.717) is 46.9 Å². The summed E-state index contributed by atoms with van der Waals surface area (Å²) in [6.07, 6.45) is 0.135. The zero-order chi connectivity index (χ0) is 22.7. The number of nitrogens with one attached hydrogen (secondary N) is 1. The van der Waals surface area contributed by atoms with E-state index >= 15 is 0 Å². The molecule has 1 aromatic heterocycles. The molecule has 3 aromatic rings. The molecule has 2 aromatic carbocycles. The van der Waals surface area contributed by atoms with Crippen molar-refractivity contribution >= 4 is 39.9 Å². The van der Waals surface area contributed by atoms with Crippen molar-refractivity contribution in [1.29, 1.82) is 0 Å². The van der Waals surface area contributed by atoms with Crippen LogP contribution in [0.3, 0.4) is 0 Å². The number of halogens is 1. The SMILES string of the molecule is COCCn1nc(CNC(=O)C2CC(=O)N(c3ccc(Cl)cc3)C2)c2ccccc2c1=O. The summed E-state index contributed by atoms with van der Waals surface area (Å²) in [5, 5.41) is 9.14. The van der Waals surface area contributed by atoms with Crippen LogP contribution in [-0.2, 0) is 27.4 Å². The van der Waals surface area contributed by atoms with Gasteiger partial charge in [0.05, 0.1) is 36.7 Å². The Morgan fingerprint density at radius 2 is 1.88 bits per heavy atom. The first-order chi connectivity index (χ1) is 15.5. The number of aromatic nitrogens is 2. The average molecular weight is 455 g/mol. The number of methoxy groups -OCH3 is 1. The van der Waals surface area contributed by atoms with E-state index in [0.717, 1.165) is 0 Å². The largest absolute Gasteiger partial charge is 0.383 e. The van der Waals surface area contributed by atoms with Crippen molar-refractivity contribution in [3.63, 3.8) is 0 Å². The molecule has 166 valence electrons. The summed E-state index contributed by atoms with van der Waals surface area (Å²) in [5.41, 5.74) is 1.10. The molecular formula is C23H23ClN4O4. The van der Waals surface area contributed by atoms with Crippen LogP contribution in [0.2, 0.25) is 5.02 Å². The van der Waals surface area contributed by atoms with Crippen molar-refractivity contribution in [3.8, 4) is 0 Å². The van der Waals surface area contributed by atoms with E-state index in [-0.39, 0.29) is 30.3 Å². The predicted molar refractivity (Wildman–Crippen MR) is 122 cm³/mol. The zero-order valence-corrected chi connectivity index (χ0v) is 18.3. The van der Waals surface area contributed by atoms with Gasteiger partial charge in [0.2, 0.25) is 11.8 Å². The highest BCUT2D eigenvalue weighted by atomic mass is 35.5. The minimum Gasteiger partial charge on any atom is -0.383 e. The van der Waals surface area contributed by atoms with Crippen molar-refractivity contribution in [2.24, 2.45) is 5.92 Å². The Balaban J connectivity index is 1.49. The van der Waals surface area contributed by atoms with Gasteiger partial charge in [-0.1, -0.05) is 29.8 Å². The number of amides is 2. The molecule has 1 N–H and O–H groups in total. The van der Waals surface area contributed by atoms with Crippen molar-refractivity contribution in [1.82, 2.24) is 15.1 Å². The smallest absolute Gasteiger partial charge is 0.274 e. The third-order valence-electron chi connectivity index (χ3n) is 5.52. The van der Waals surface area contributed by atoms with Crippen molar-refractivity contribution in [2.45, 2.75) is 19.5 Å². The summed E-state index contributed by atoms with van der Waals surface area (Å²) in [7, 11) is 1.56. The summed E-state index contributed by atoms with van der Waals surface area (Å²) in [4.78, 5) is 39.5.